The van der Waals surface area contributed by atoms with Crippen LogP contribution in [-0.2, 0) is 18.3 Å². The van der Waals surface area contributed by atoms with Crippen molar-refractivity contribution in [1.29, 1.82) is 0 Å². The molecule has 0 saturated carbocycles. The van der Waals surface area contributed by atoms with E-state index in [-0.39, 0.29) is 5.91 Å². The lowest BCUT2D eigenvalue weighted by Crippen LogP contribution is -2.33. The van der Waals surface area contributed by atoms with Crippen LogP contribution in [0.5, 0.6) is 0 Å². The minimum atomic E-state index is 0.138. The highest BCUT2D eigenvalue weighted by molar-refractivity contribution is 5.79. The minimum Gasteiger partial charge on any atom is -0.344 e. The van der Waals surface area contributed by atoms with Crippen LogP contribution in [0.2, 0.25) is 0 Å². The Hall–Kier alpha value is -1.36. The van der Waals surface area contributed by atoms with Crippen LogP contribution in [0.25, 0.3) is 0 Å². The fourth-order valence-corrected chi connectivity index (χ4v) is 1.76. The SMILES string of the molecule is CNCCN(C)C(=O)Cc1c(C)nn(C)c1C. The topological polar surface area (TPSA) is 50.2 Å². The lowest BCUT2D eigenvalue weighted by Gasteiger charge is -2.16. The summed E-state index contributed by atoms with van der Waals surface area (Å²) in [5.74, 6) is 0.138. The first-order valence-electron chi connectivity index (χ1n) is 5.85. The summed E-state index contributed by atoms with van der Waals surface area (Å²) < 4.78 is 1.82. The number of aromatic nitrogens is 2. The second-order valence-corrected chi connectivity index (χ2v) is 4.37. The molecule has 0 saturated heterocycles. The van der Waals surface area contributed by atoms with Crippen LogP contribution in [0.3, 0.4) is 0 Å². The Morgan fingerprint density at radius 3 is 2.59 bits per heavy atom. The maximum absolute atomic E-state index is 12.0. The van der Waals surface area contributed by atoms with Crippen molar-refractivity contribution in [3.05, 3.63) is 17.0 Å². The van der Waals surface area contributed by atoms with Crippen LogP contribution < -0.4 is 5.32 Å². The molecule has 0 fully saturated rings. The van der Waals surface area contributed by atoms with Crippen molar-refractivity contribution in [3.8, 4) is 0 Å². The Morgan fingerprint density at radius 1 is 1.47 bits per heavy atom. The standard InChI is InChI=1S/C12H22N4O/c1-9-11(10(2)16(5)14-9)8-12(17)15(4)7-6-13-3/h13H,6-8H2,1-5H3. The maximum Gasteiger partial charge on any atom is 0.226 e. The van der Waals surface area contributed by atoms with Gasteiger partial charge in [-0.15, -0.1) is 0 Å². The third-order valence-electron chi connectivity index (χ3n) is 3.11. The van der Waals surface area contributed by atoms with Crippen LogP contribution >= 0.6 is 0 Å². The molecule has 0 atom stereocenters. The molecule has 1 rings (SSSR count). The normalized spacial score (nSPS) is 10.6. The molecular formula is C12H22N4O. The van der Waals surface area contributed by atoms with Crippen molar-refractivity contribution in [2.75, 3.05) is 27.2 Å². The molecule has 0 aromatic carbocycles. The van der Waals surface area contributed by atoms with Gasteiger partial charge in [-0.3, -0.25) is 9.48 Å². The highest BCUT2D eigenvalue weighted by Gasteiger charge is 2.15. The van der Waals surface area contributed by atoms with E-state index in [0.717, 1.165) is 30.0 Å². The molecule has 0 aliphatic rings. The first-order valence-corrected chi connectivity index (χ1v) is 5.85. The molecule has 0 aliphatic carbocycles. The van der Waals surface area contributed by atoms with Crippen LogP contribution in [0, 0.1) is 13.8 Å². The van der Waals surface area contributed by atoms with E-state index in [1.54, 1.807) is 4.90 Å². The molecule has 5 heteroatoms. The molecule has 5 nitrogen and oxygen atoms in total. The number of amides is 1. The number of likely N-dealkylation sites (N-methyl/N-ethyl adjacent to an activating group) is 2. The van der Waals surface area contributed by atoms with Gasteiger partial charge in [-0.25, -0.2) is 0 Å². The van der Waals surface area contributed by atoms with E-state index in [2.05, 4.69) is 10.4 Å². The second-order valence-electron chi connectivity index (χ2n) is 4.37. The average Bonchev–Trinajstić information content (AvgIpc) is 2.52. The molecule has 0 unspecified atom stereocenters. The van der Waals surface area contributed by atoms with Gasteiger partial charge in [-0.05, 0) is 20.9 Å². The molecule has 96 valence electrons. The van der Waals surface area contributed by atoms with Gasteiger partial charge in [0.1, 0.15) is 0 Å². The smallest absolute Gasteiger partial charge is 0.226 e. The molecule has 1 N–H and O–H groups in total. The number of nitrogens with one attached hydrogen (secondary N) is 1. The molecule has 0 radical (unpaired) electrons. The van der Waals surface area contributed by atoms with Gasteiger partial charge in [0.15, 0.2) is 0 Å². The highest BCUT2D eigenvalue weighted by atomic mass is 16.2. The molecular weight excluding hydrogens is 216 g/mol. The van der Waals surface area contributed by atoms with E-state index in [0.29, 0.717) is 6.42 Å². The largest absolute Gasteiger partial charge is 0.344 e. The molecule has 0 spiro atoms. The zero-order valence-corrected chi connectivity index (χ0v) is 11.4. The number of carbonyl (C=O) groups excluding carboxylic acids is 1. The number of hydrogen-bond donors (Lipinski definition) is 1. The third-order valence-corrected chi connectivity index (χ3v) is 3.11. The number of hydrogen-bond acceptors (Lipinski definition) is 3. The van der Waals surface area contributed by atoms with E-state index in [1.807, 2.05) is 39.7 Å². The van der Waals surface area contributed by atoms with Crippen LogP contribution in [0.4, 0.5) is 0 Å². The number of aryl methyl sites for hydroxylation is 2. The van der Waals surface area contributed by atoms with Crippen LogP contribution in [0.1, 0.15) is 17.0 Å². The van der Waals surface area contributed by atoms with Crippen molar-refractivity contribution >= 4 is 5.91 Å². The Morgan fingerprint density at radius 2 is 2.12 bits per heavy atom. The molecule has 1 aromatic heterocycles. The van der Waals surface area contributed by atoms with Crippen LogP contribution in [-0.4, -0.2) is 47.8 Å². The third kappa shape index (κ3) is 3.30. The summed E-state index contributed by atoms with van der Waals surface area (Å²) in [4.78, 5) is 13.7. The average molecular weight is 238 g/mol. The lowest BCUT2D eigenvalue weighted by atomic mass is 10.1. The summed E-state index contributed by atoms with van der Waals surface area (Å²) in [6.07, 6.45) is 0.436. The van der Waals surface area contributed by atoms with E-state index < -0.39 is 0 Å². The van der Waals surface area contributed by atoms with Gasteiger partial charge in [0.05, 0.1) is 12.1 Å². The molecule has 1 aromatic rings. The quantitative estimate of drug-likeness (QED) is 0.800. The van der Waals surface area contributed by atoms with E-state index in [4.69, 9.17) is 0 Å². The molecule has 0 aliphatic heterocycles. The predicted molar refractivity (Wildman–Crippen MR) is 67.9 cm³/mol. The number of nitrogens with zero attached hydrogens (tertiary/aromatic N) is 3. The van der Waals surface area contributed by atoms with Gasteiger partial charge in [0.25, 0.3) is 0 Å². The number of rotatable bonds is 5. The lowest BCUT2D eigenvalue weighted by molar-refractivity contribution is -0.129. The molecule has 17 heavy (non-hydrogen) atoms. The van der Waals surface area contributed by atoms with Crippen molar-refractivity contribution in [1.82, 2.24) is 20.0 Å². The highest BCUT2D eigenvalue weighted by Crippen LogP contribution is 2.13. The summed E-state index contributed by atoms with van der Waals surface area (Å²) >= 11 is 0. The Kier molecular flexibility index (Phi) is 4.69. The molecule has 1 amide bonds. The zero-order valence-electron chi connectivity index (χ0n) is 11.4. The van der Waals surface area contributed by atoms with Crippen molar-refractivity contribution in [3.63, 3.8) is 0 Å². The zero-order chi connectivity index (χ0) is 13.0. The fraction of sp³-hybridized carbons (Fsp3) is 0.667. The minimum absolute atomic E-state index is 0.138. The van der Waals surface area contributed by atoms with Gasteiger partial charge >= 0.3 is 0 Å². The predicted octanol–water partition coefficient (Wildman–Crippen LogP) is 0.257. The van der Waals surface area contributed by atoms with Gasteiger partial charge < -0.3 is 10.2 Å². The maximum atomic E-state index is 12.0. The first-order chi connectivity index (χ1) is 7.97. The Bertz CT molecular complexity index is 397. The molecule has 0 bridgehead atoms. The van der Waals surface area contributed by atoms with E-state index in [9.17, 15) is 4.79 Å². The summed E-state index contributed by atoms with van der Waals surface area (Å²) in [7, 11) is 5.62. The first kappa shape index (κ1) is 13.7. The molecule has 1 heterocycles. The van der Waals surface area contributed by atoms with Gasteiger partial charge in [-0.2, -0.15) is 5.10 Å². The summed E-state index contributed by atoms with van der Waals surface area (Å²) in [6, 6.07) is 0. The summed E-state index contributed by atoms with van der Waals surface area (Å²) in [6.45, 7) is 5.49. The van der Waals surface area contributed by atoms with Crippen molar-refractivity contribution in [2.24, 2.45) is 7.05 Å². The Labute approximate surface area is 103 Å². The number of carbonyl (C=O) groups is 1. The van der Waals surface area contributed by atoms with E-state index >= 15 is 0 Å². The van der Waals surface area contributed by atoms with Crippen molar-refractivity contribution < 1.29 is 4.79 Å². The fourth-order valence-electron chi connectivity index (χ4n) is 1.76. The van der Waals surface area contributed by atoms with Crippen molar-refractivity contribution in [2.45, 2.75) is 20.3 Å². The van der Waals surface area contributed by atoms with E-state index in [1.165, 1.54) is 0 Å². The summed E-state index contributed by atoms with van der Waals surface area (Å²) in [5.41, 5.74) is 3.06. The second kappa shape index (κ2) is 5.82. The monoisotopic (exact) mass is 238 g/mol. The van der Waals surface area contributed by atoms with Gasteiger partial charge in [0, 0.05) is 38.4 Å². The summed E-state index contributed by atoms with van der Waals surface area (Å²) in [5, 5.41) is 7.35. The van der Waals surface area contributed by atoms with Gasteiger partial charge in [0.2, 0.25) is 5.91 Å². The van der Waals surface area contributed by atoms with Gasteiger partial charge in [-0.1, -0.05) is 0 Å². The Balaban J connectivity index is 2.67. The van der Waals surface area contributed by atoms with Crippen LogP contribution in [0.15, 0.2) is 0 Å².